The Balaban J connectivity index is 2.46. The van der Waals surface area contributed by atoms with Crippen LogP contribution in [0, 0.1) is 0 Å². The fraction of sp³-hybridized carbons (Fsp3) is 0.286. The van der Waals surface area contributed by atoms with E-state index in [4.69, 9.17) is 10.5 Å². The lowest BCUT2D eigenvalue weighted by Crippen LogP contribution is -2.00. The van der Waals surface area contributed by atoms with Gasteiger partial charge in [0.05, 0.1) is 7.11 Å². The monoisotopic (exact) mass is 215 g/mol. The minimum Gasteiger partial charge on any atom is -0.497 e. The fourth-order valence-corrected chi connectivity index (χ4v) is 1.95. The van der Waals surface area contributed by atoms with Gasteiger partial charge >= 0.3 is 0 Å². The maximum atomic E-state index is 5.55. The Morgan fingerprint density at radius 1 is 1.19 bits per heavy atom. The van der Waals surface area contributed by atoms with Crippen LogP contribution in [-0.2, 0) is 6.42 Å². The predicted molar refractivity (Wildman–Crippen MR) is 67.9 cm³/mol. The molecule has 2 aromatic carbocycles. The molecule has 0 aromatic heterocycles. The van der Waals surface area contributed by atoms with Gasteiger partial charge in [-0.1, -0.05) is 24.3 Å². The second kappa shape index (κ2) is 4.99. The second-order valence-electron chi connectivity index (χ2n) is 3.90. The second-order valence-corrected chi connectivity index (χ2v) is 3.90. The zero-order chi connectivity index (χ0) is 11.4. The van der Waals surface area contributed by atoms with Crippen molar-refractivity contribution in [2.75, 3.05) is 13.7 Å². The van der Waals surface area contributed by atoms with Crippen LogP contribution in [0.1, 0.15) is 12.0 Å². The molecule has 0 bridgehead atoms. The van der Waals surface area contributed by atoms with Gasteiger partial charge in [-0.25, -0.2) is 0 Å². The maximum Gasteiger partial charge on any atom is 0.119 e. The third-order valence-electron chi connectivity index (χ3n) is 2.83. The first-order valence-electron chi connectivity index (χ1n) is 5.61. The Morgan fingerprint density at radius 3 is 2.81 bits per heavy atom. The van der Waals surface area contributed by atoms with Crippen molar-refractivity contribution in [3.63, 3.8) is 0 Å². The normalized spacial score (nSPS) is 10.6. The van der Waals surface area contributed by atoms with Gasteiger partial charge in [-0.2, -0.15) is 0 Å². The molecular formula is C14H17NO. The summed E-state index contributed by atoms with van der Waals surface area (Å²) in [5.41, 5.74) is 6.90. The highest BCUT2D eigenvalue weighted by Crippen LogP contribution is 2.24. The van der Waals surface area contributed by atoms with Crippen molar-refractivity contribution >= 4 is 10.8 Å². The molecule has 2 aromatic rings. The standard InChI is InChI=1S/C14H17NO/c1-16-13-8-7-12-5-2-4-11(6-3-9-15)14(12)10-13/h2,4-5,7-8,10H,3,6,9,15H2,1H3. The molecule has 0 unspecified atom stereocenters. The average Bonchev–Trinajstić information content (AvgIpc) is 2.35. The van der Waals surface area contributed by atoms with E-state index < -0.39 is 0 Å². The third-order valence-corrected chi connectivity index (χ3v) is 2.83. The minimum absolute atomic E-state index is 0.736. The summed E-state index contributed by atoms with van der Waals surface area (Å²) in [6, 6.07) is 12.6. The molecule has 0 heterocycles. The Bertz CT molecular complexity index is 479. The molecule has 84 valence electrons. The number of hydrogen-bond donors (Lipinski definition) is 1. The molecule has 0 aliphatic heterocycles. The molecule has 2 heteroatoms. The topological polar surface area (TPSA) is 35.2 Å². The van der Waals surface area contributed by atoms with Gasteiger partial charge in [0.2, 0.25) is 0 Å². The van der Waals surface area contributed by atoms with E-state index in [1.807, 2.05) is 6.07 Å². The molecule has 0 spiro atoms. The molecule has 16 heavy (non-hydrogen) atoms. The van der Waals surface area contributed by atoms with Gasteiger partial charge in [-0.05, 0) is 47.9 Å². The molecule has 0 amide bonds. The van der Waals surface area contributed by atoms with E-state index in [1.54, 1.807) is 7.11 Å². The lowest BCUT2D eigenvalue weighted by atomic mass is 10.0. The first-order valence-corrected chi connectivity index (χ1v) is 5.61. The van der Waals surface area contributed by atoms with Crippen molar-refractivity contribution in [3.05, 3.63) is 42.0 Å². The van der Waals surface area contributed by atoms with Crippen molar-refractivity contribution in [2.24, 2.45) is 5.73 Å². The van der Waals surface area contributed by atoms with Gasteiger partial charge in [0.15, 0.2) is 0 Å². The first-order chi connectivity index (χ1) is 7.85. The minimum atomic E-state index is 0.736. The van der Waals surface area contributed by atoms with Gasteiger partial charge in [-0.15, -0.1) is 0 Å². The van der Waals surface area contributed by atoms with Crippen molar-refractivity contribution in [3.8, 4) is 5.75 Å². The summed E-state index contributed by atoms with van der Waals surface area (Å²) >= 11 is 0. The predicted octanol–water partition coefficient (Wildman–Crippen LogP) is 2.74. The van der Waals surface area contributed by atoms with Crippen LogP contribution in [0.25, 0.3) is 10.8 Å². The molecule has 2 nitrogen and oxygen atoms in total. The molecular weight excluding hydrogens is 198 g/mol. The Kier molecular flexibility index (Phi) is 3.42. The van der Waals surface area contributed by atoms with Gasteiger partial charge in [-0.3, -0.25) is 0 Å². The molecule has 0 fully saturated rings. The number of hydrogen-bond acceptors (Lipinski definition) is 2. The highest BCUT2D eigenvalue weighted by Gasteiger charge is 2.02. The molecule has 0 aliphatic carbocycles. The fourth-order valence-electron chi connectivity index (χ4n) is 1.95. The van der Waals surface area contributed by atoms with Crippen LogP contribution in [0.3, 0.4) is 0 Å². The highest BCUT2D eigenvalue weighted by atomic mass is 16.5. The largest absolute Gasteiger partial charge is 0.497 e. The summed E-state index contributed by atoms with van der Waals surface area (Å²) in [4.78, 5) is 0. The first kappa shape index (κ1) is 11.0. The number of methoxy groups -OCH3 is 1. The van der Waals surface area contributed by atoms with Crippen LogP contribution in [-0.4, -0.2) is 13.7 Å². The number of rotatable bonds is 4. The maximum absolute atomic E-state index is 5.55. The quantitative estimate of drug-likeness (QED) is 0.851. The summed E-state index contributed by atoms with van der Waals surface area (Å²) in [6.45, 7) is 0.736. The lowest BCUT2D eigenvalue weighted by Gasteiger charge is -2.07. The third kappa shape index (κ3) is 2.17. The van der Waals surface area contributed by atoms with Crippen molar-refractivity contribution < 1.29 is 4.74 Å². The van der Waals surface area contributed by atoms with Crippen LogP contribution < -0.4 is 10.5 Å². The van der Waals surface area contributed by atoms with Crippen LogP contribution in [0.15, 0.2) is 36.4 Å². The van der Waals surface area contributed by atoms with E-state index in [2.05, 4.69) is 30.3 Å². The Hall–Kier alpha value is -1.54. The smallest absolute Gasteiger partial charge is 0.119 e. The molecule has 0 atom stereocenters. The van der Waals surface area contributed by atoms with Crippen LogP contribution in [0.5, 0.6) is 5.75 Å². The average molecular weight is 215 g/mol. The van der Waals surface area contributed by atoms with Gasteiger partial charge in [0, 0.05) is 0 Å². The van der Waals surface area contributed by atoms with Gasteiger partial charge in [0.1, 0.15) is 5.75 Å². The zero-order valence-electron chi connectivity index (χ0n) is 9.57. The SMILES string of the molecule is COc1ccc2cccc(CCCN)c2c1. The summed E-state index contributed by atoms with van der Waals surface area (Å²) in [5, 5.41) is 2.53. The van der Waals surface area contributed by atoms with Crippen molar-refractivity contribution in [1.29, 1.82) is 0 Å². The molecule has 0 aliphatic rings. The summed E-state index contributed by atoms with van der Waals surface area (Å²) in [7, 11) is 1.70. The summed E-state index contributed by atoms with van der Waals surface area (Å²) in [5.74, 6) is 0.910. The number of nitrogens with two attached hydrogens (primary N) is 1. The van der Waals surface area contributed by atoms with Gasteiger partial charge in [0.25, 0.3) is 0 Å². The molecule has 2 rings (SSSR count). The molecule has 0 saturated carbocycles. The molecule has 2 N–H and O–H groups in total. The van der Waals surface area contributed by atoms with Crippen molar-refractivity contribution in [1.82, 2.24) is 0 Å². The number of fused-ring (bicyclic) bond motifs is 1. The van der Waals surface area contributed by atoms with E-state index in [0.29, 0.717) is 0 Å². The van der Waals surface area contributed by atoms with E-state index >= 15 is 0 Å². The Morgan fingerprint density at radius 2 is 2.06 bits per heavy atom. The van der Waals surface area contributed by atoms with E-state index in [1.165, 1.54) is 16.3 Å². The highest BCUT2D eigenvalue weighted by molar-refractivity contribution is 5.87. The summed E-state index contributed by atoms with van der Waals surface area (Å²) < 4.78 is 5.26. The van der Waals surface area contributed by atoms with E-state index in [9.17, 15) is 0 Å². The van der Waals surface area contributed by atoms with Crippen LogP contribution in [0.4, 0.5) is 0 Å². The molecule has 0 saturated heterocycles. The van der Waals surface area contributed by atoms with Gasteiger partial charge < -0.3 is 10.5 Å². The van der Waals surface area contributed by atoms with Crippen LogP contribution >= 0.6 is 0 Å². The molecule has 0 radical (unpaired) electrons. The van der Waals surface area contributed by atoms with E-state index in [0.717, 1.165) is 25.1 Å². The van der Waals surface area contributed by atoms with Crippen LogP contribution in [0.2, 0.25) is 0 Å². The number of ether oxygens (including phenoxy) is 1. The number of benzene rings is 2. The number of aryl methyl sites for hydroxylation is 1. The zero-order valence-corrected chi connectivity index (χ0v) is 9.57. The summed E-state index contributed by atoms with van der Waals surface area (Å²) in [6.07, 6.45) is 2.05. The van der Waals surface area contributed by atoms with Crippen molar-refractivity contribution in [2.45, 2.75) is 12.8 Å². The van der Waals surface area contributed by atoms with E-state index in [-0.39, 0.29) is 0 Å². The lowest BCUT2D eigenvalue weighted by molar-refractivity contribution is 0.415. The Labute approximate surface area is 96.0 Å².